The Bertz CT molecular complexity index is 1410. The van der Waals surface area contributed by atoms with Gasteiger partial charge < -0.3 is 14.2 Å². The first-order valence-corrected chi connectivity index (χ1v) is 34.8. The molecule has 1 atom stereocenters. The summed E-state index contributed by atoms with van der Waals surface area (Å²) in [5.41, 5.74) is 0. The molecule has 460 valence electrons. The molecule has 0 rings (SSSR count). The lowest BCUT2D eigenvalue weighted by Gasteiger charge is -2.18. The van der Waals surface area contributed by atoms with Gasteiger partial charge in [0.25, 0.3) is 0 Å². The second-order valence-corrected chi connectivity index (χ2v) is 23.4. The van der Waals surface area contributed by atoms with Crippen LogP contribution in [0.2, 0.25) is 0 Å². The van der Waals surface area contributed by atoms with E-state index < -0.39 is 6.10 Å². The lowest BCUT2D eigenvalue weighted by molar-refractivity contribution is -0.167. The lowest BCUT2D eigenvalue weighted by atomic mass is 10.0. The molecule has 0 aromatic rings. The zero-order valence-electron chi connectivity index (χ0n) is 52.9. The summed E-state index contributed by atoms with van der Waals surface area (Å²) in [7, 11) is 0. The van der Waals surface area contributed by atoms with E-state index in [1.165, 1.54) is 244 Å². The van der Waals surface area contributed by atoms with Crippen LogP contribution in [0, 0.1) is 0 Å². The van der Waals surface area contributed by atoms with Crippen LogP contribution in [-0.2, 0) is 28.6 Å². The fraction of sp³-hybridized carbons (Fsp3) is 0.822. The van der Waals surface area contributed by atoms with Gasteiger partial charge in [0, 0.05) is 19.3 Å². The SMILES string of the molecule is CC/C=C\C/C=C\C/C=C\C/C=C\CCCCCCCCCCCCCCC(=O)OCC(COC(=O)CCCCCCCCCCCCC)OC(=O)CCCCCCCCCCCCCCC/C=C\CCCCCCCCCC. The molecule has 0 bridgehead atoms. The minimum absolute atomic E-state index is 0.0698. The summed E-state index contributed by atoms with van der Waals surface area (Å²) in [4.78, 5) is 38.4. The molecule has 0 aromatic heterocycles. The van der Waals surface area contributed by atoms with E-state index in [2.05, 4.69) is 81.5 Å². The van der Waals surface area contributed by atoms with E-state index in [4.69, 9.17) is 14.2 Å². The van der Waals surface area contributed by atoms with E-state index in [0.29, 0.717) is 19.3 Å². The second kappa shape index (κ2) is 67.6. The van der Waals surface area contributed by atoms with E-state index in [1.807, 2.05) is 0 Å². The van der Waals surface area contributed by atoms with Crippen LogP contribution in [0.4, 0.5) is 0 Å². The minimum Gasteiger partial charge on any atom is -0.462 e. The third-order valence-corrected chi connectivity index (χ3v) is 15.5. The fourth-order valence-corrected chi connectivity index (χ4v) is 10.3. The van der Waals surface area contributed by atoms with Crippen molar-refractivity contribution in [1.82, 2.24) is 0 Å². The van der Waals surface area contributed by atoms with Crippen molar-refractivity contribution in [3.05, 3.63) is 60.8 Å². The van der Waals surface area contributed by atoms with Crippen LogP contribution in [0.15, 0.2) is 60.8 Å². The predicted molar refractivity (Wildman–Crippen MR) is 344 cm³/mol. The summed E-state index contributed by atoms with van der Waals surface area (Å²) in [6, 6.07) is 0. The van der Waals surface area contributed by atoms with E-state index in [9.17, 15) is 14.4 Å². The highest BCUT2D eigenvalue weighted by atomic mass is 16.6. The first-order valence-electron chi connectivity index (χ1n) is 34.8. The number of esters is 3. The number of hydrogen-bond acceptors (Lipinski definition) is 6. The zero-order valence-corrected chi connectivity index (χ0v) is 52.9. The second-order valence-electron chi connectivity index (χ2n) is 23.4. The number of allylic oxidation sites excluding steroid dienone is 10. The molecule has 0 aliphatic heterocycles. The molecule has 0 fully saturated rings. The van der Waals surface area contributed by atoms with Gasteiger partial charge in [0.05, 0.1) is 0 Å². The predicted octanol–water partition coefficient (Wildman–Crippen LogP) is 23.9. The molecule has 0 heterocycles. The third kappa shape index (κ3) is 65.8. The fourth-order valence-electron chi connectivity index (χ4n) is 10.3. The van der Waals surface area contributed by atoms with E-state index >= 15 is 0 Å². The molecule has 79 heavy (non-hydrogen) atoms. The Hall–Kier alpha value is -2.89. The van der Waals surface area contributed by atoms with Crippen molar-refractivity contribution in [1.29, 1.82) is 0 Å². The Morgan fingerprint density at radius 1 is 0.266 bits per heavy atom. The Kier molecular flexibility index (Phi) is 65.1. The molecule has 1 unspecified atom stereocenters. The summed E-state index contributed by atoms with van der Waals surface area (Å²) in [6.07, 6.45) is 86.8. The Labute approximate surface area is 491 Å². The van der Waals surface area contributed by atoms with Gasteiger partial charge in [-0.15, -0.1) is 0 Å². The Morgan fingerprint density at radius 2 is 0.494 bits per heavy atom. The Morgan fingerprint density at radius 3 is 0.785 bits per heavy atom. The maximum Gasteiger partial charge on any atom is 0.306 e. The number of rotatable bonds is 64. The van der Waals surface area contributed by atoms with Gasteiger partial charge in [-0.3, -0.25) is 14.4 Å². The van der Waals surface area contributed by atoms with Crippen LogP contribution in [-0.4, -0.2) is 37.2 Å². The van der Waals surface area contributed by atoms with E-state index in [-0.39, 0.29) is 31.1 Å². The van der Waals surface area contributed by atoms with E-state index in [1.54, 1.807) is 0 Å². The van der Waals surface area contributed by atoms with Gasteiger partial charge in [-0.05, 0) is 83.5 Å². The molecule has 0 aromatic carbocycles. The summed E-state index contributed by atoms with van der Waals surface area (Å²) >= 11 is 0. The van der Waals surface area contributed by atoms with Gasteiger partial charge >= 0.3 is 17.9 Å². The number of ether oxygens (including phenoxy) is 3. The van der Waals surface area contributed by atoms with Crippen LogP contribution >= 0.6 is 0 Å². The first-order chi connectivity index (χ1) is 39.0. The standard InChI is InChI=1S/C73H132O6/c1-4-7-10-13-16-19-22-24-26-28-30-32-34-36-38-40-42-44-46-48-51-54-57-60-63-66-72(75)78-69-70(68-77-71(74)65-62-59-56-53-50-21-18-15-12-9-6-3)79-73(76)67-64-61-58-55-52-49-47-45-43-41-39-37-35-33-31-29-27-25-23-20-17-14-11-8-5-2/h7,10,16,19,24,26,29-32,70H,4-6,8-9,11-15,17-18,20-23,25,27-28,33-69H2,1-3H3/b10-7-,19-16-,26-24-,31-29-,32-30-. The molecular weight excluding hydrogens is 973 g/mol. The maximum absolute atomic E-state index is 12.9. The number of unbranched alkanes of at least 4 members (excludes halogenated alkanes) is 43. The lowest BCUT2D eigenvalue weighted by Crippen LogP contribution is -2.30. The topological polar surface area (TPSA) is 78.9 Å². The van der Waals surface area contributed by atoms with Crippen LogP contribution in [0.25, 0.3) is 0 Å². The van der Waals surface area contributed by atoms with Gasteiger partial charge in [-0.1, -0.05) is 326 Å². The summed E-state index contributed by atoms with van der Waals surface area (Å²) < 4.78 is 17.0. The van der Waals surface area contributed by atoms with Gasteiger partial charge in [0.15, 0.2) is 6.10 Å². The largest absolute Gasteiger partial charge is 0.462 e. The number of carbonyl (C=O) groups is 3. The highest BCUT2D eigenvalue weighted by Crippen LogP contribution is 2.18. The average molecular weight is 1110 g/mol. The van der Waals surface area contributed by atoms with Gasteiger partial charge in [0.1, 0.15) is 13.2 Å². The minimum atomic E-state index is -0.773. The third-order valence-electron chi connectivity index (χ3n) is 15.5. The number of carbonyl (C=O) groups excluding carboxylic acids is 3. The molecule has 0 aliphatic carbocycles. The van der Waals surface area contributed by atoms with Crippen LogP contribution in [0.1, 0.15) is 367 Å². The van der Waals surface area contributed by atoms with Crippen molar-refractivity contribution in [3.63, 3.8) is 0 Å². The van der Waals surface area contributed by atoms with Crippen molar-refractivity contribution in [3.8, 4) is 0 Å². The van der Waals surface area contributed by atoms with Crippen molar-refractivity contribution in [2.24, 2.45) is 0 Å². The summed E-state index contributed by atoms with van der Waals surface area (Å²) in [5, 5.41) is 0. The van der Waals surface area contributed by atoms with Crippen LogP contribution in [0.3, 0.4) is 0 Å². The van der Waals surface area contributed by atoms with Gasteiger partial charge in [-0.25, -0.2) is 0 Å². The number of hydrogen-bond donors (Lipinski definition) is 0. The molecule has 0 amide bonds. The molecular formula is C73H132O6. The molecule has 0 aliphatic rings. The quantitative estimate of drug-likeness (QED) is 0.0261. The van der Waals surface area contributed by atoms with Gasteiger partial charge in [-0.2, -0.15) is 0 Å². The molecule has 0 saturated heterocycles. The summed E-state index contributed by atoms with van der Waals surface area (Å²) in [6.45, 7) is 6.58. The van der Waals surface area contributed by atoms with Crippen molar-refractivity contribution >= 4 is 17.9 Å². The van der Waals surface area contributed by atoms with E-state index in [0.717, 1.165) is 83.5 Å². The average Bonchev–Trinajstić information content (AvgIpc) is 3.45. The smallest absolute Gasteiger partial charge is 0.306 e. The first kappa shape index (κ1) is 76.1. The highest BCUT2D eigenvalue weighted by Gasteiger charge is 2.19. The van der Waals surface area contributed by atoms with Crippen LogP contribution < -0.4 is 0 Å². The highest BCUT2D eigenvalue weighted by molar-refractivity contribution is 5.71. The normalized spacial score (nSPS) is 12.4. The molecule has 0 spiro atoms. The van der Waals surface area contributed by atoms with Gasteiger partial charge in [0.2, 0.25) is 0 Å². The molecule has 0 N–H and O–H groups in total. The van der Waals surface area contributed by atoms with Crippen molar-refractivity contribution in [2.45, 2.75) is 374 Å². The van der Waals surface area contributed by atoms with Crippen molar-refractivity contribution in [2.75, 3.05) is 13.2 Å². The molecule has 0 saturated carbocycles. The molecule has 6 nitrogen and oxygen atoms in total. The maximum atomic E-state index is 12.9. The Balaban J connectivity index is 4.21. The monoisotopic (exact) mass is 1110 g/mol. The van der Waals surface area contributed by atoms with Crippen LogP contribution in [0.5, 0.6) is 0 Å². The zero-order chi connectivity index (χ0) is 57.1. The van der Waals surface area contributed by atoms with Crippen molar-refractivity contribution < 1.29 is 28.6 Å². The molecule has 0 radical (unpaired) electrons. The molecule has 6 heteroatoms. The summed E-state index contributed by atoms with van der Waals surface area (Å²) in [5.74, 6) is -0.850.